The van der Waals surface area contributed by atoms with Crippen LogP contribution in [0.15, 0.2) is 47.8 Å². The Balaban J connectivity index is 1.72. The van der Waals surface area contributed by atoms with Crippen LogP contribution in [0.25, 0.3) is 0 Å². The summed E-state index contributed by atoms with van der Waals surface area (Å²) in [6, 6.07) is 0. The number of hydrogen-bond acceptors (Lipinski definition) is 4. The molecule has 0 spiro atoms. The van der Waals surface area contributed by atoms with E-state index in [-0.39, 0.29) is 23.4 Å². The zero-order valence-electron chi connectivity index (χ0n) is 16.8. The summed E-state index contributed by atoms with van der Waals surface area (Å²) in [5.41, 5.74) is 0.734. The van der Waals surface area contributed by atoms with Crippen molar-refractivity contribution in [2.24, 2.45) is 22.7 Å². The van der Waals surface area contributed by atoms with Gasteiger partial charge in [0, 0.05) is 24.9 Å². The lowest BCUT2D eigenvalue weighted by atomic mass is 9.55. The Bertz CT molecular complexity index is 892. The number of ether oxygens (including phenoxy) is 2. The molecule has 0 aromatic heterocycles. The van der Waals surface area contributed by atoms with Gasteiger partial charge in [0.2, 0.25) is 0 Å². The van der Waals surface area contributed by atoms with E-state index < -0.39 is 16.4 Å². The highest BCUT2D eigenvalue weighted by molar-refractivity contribution is 6.06. The summed E-state index contributed by atoms with van der Waals surface area (Å²) in [6.45, 7) is 8.35. The minimum Gasteiger partial charge on any atom is -0.497 e. The van der Waals surface area contributed by atoms with E-state index >= 15 is 0 Å². The number of rotatable bonds is 4. The van der Waals surface area contributed by atoms with Gasteiger partial charge in [0.25, 0.3) is 0 Å². The molecule has 0 aromatic rings. The molecule has 4 bridgehead atoms. The second kappa shape index (κ2) is 5.56. The highest BCUT2D eigenvalue weighted by Crippen LogP contribution is 2.70. The lowest BCUT2D eigenvalue weighted by molar-refractivity contribution is -0.127. The van der Waals surface area contributed by atoms with E-state index in [0.717, 1.165) is 55.4 Å². The maximum atomic E-state index is 13.4. The summed E-state index contributed by atoms with van der Waals surface area (Å²) in [6.07, 6.45) is 9.84. The number of hydrogen-bond donors (Lipinski definition) is 0. The number of ketones is 2. The molecule has 0 aliphatic heterocycles. The first-order valence-electron chi connectivity index (χ1n) is 10.3. The fraction of sp³-hybridized carbons (Fsp3) is 0.583. The van der Waals surface area contributed by atoms with Crippen LogP contribution in [0.2, 0.25) is 0 Å². The number of carbonyl (C=O) groups is 2. The van der Waals surface area contributed by atoms with Crippen LogP contribution in [0, 0.1) is 22.7 Å². The molecular formula is C24H28O4. The van der Waals surface area contributed by atoms with Crippen LogP contribution in [0.3, 0.4) is 0 Å². The molecule has 5 aliphatic rings. The van der Waals surface area contributed by atoms with Crippen LogP contribution in [0.1, 0.15) is 44.9 Å². The molecule has 28 heavy (non-hydrogen) atoms. The molecule has 4 saturated carbocycles. The van der Waals surface area contributed by atoms with Crippen molar-refractivity contribution in [1.29, 1.82) is 0 Å². The standard InChI is InChI=1S/C24H28O4/c1-14-16-5-8-22(12-16,21(14)26)19-11-18(27-3)7-10-24(19,28-4)23-9-6-17(13-23)20(25)15(23)2/h7,11,16-17H,1-2,5-6,8-10,12-13H2,3-4H3. The highest BCUT2D eigenvalue weighted by Gasteiger charge is 2.70. The second-order valence-corrected chi connectivity index (χ2v) is 9.34. The van der Waals surface area contributed by atoms with Crippen molar-refractivity contribution in [3.05, 3.63) is 47.8 Å². The van der Waals surface area contributed by atoms with E-state index in [0.29, 0.717) is 12.0 Å². The average Bonchev–Trinajstić information content (AvgIpc) is 3.45. The summed E-state index contributed by atoms with van der Waals surface area (Å²) >= 11 is 0. The number of fused-ring (bicyclic) bond motifs is 4. The van der Waals surface area contributed by atoms with Crippen LogP contribution >= 0.6 is 0 Å². The molecule has 148 valence electrons. The van der Waals surface area contributed by atoms with E-state index in [1.165, 1.54) is 0 Å². The fourth-order valence-corrected chi connectivity index (χ4v) is 7.23. The predicted molar refractivity (Wildman–Crippen MR) is 105 cm³/mol. The van der Waals surface area contributed by atoms with Crippen molar-refractivity contribution < 1.29 is 19.1 Å². The Morgan fingerprint density at radius 2 is 1.82 bits per heavy atom. The fourth-order valence-electron chi connectivity index (χ4n) is 7.23. The molecule has 0 aromatic carbocycles. The number of allylic oxidation sites excluding steroid dienone is 2. The molecule has 4 nitrogen and oxygen atoms in total. The molecule has 5 unspecified atom stereocenters. The molecule has 5 aliphatic carbocycles. The van der Waals surface area contributed by atoms with Crippen molar-refractivity contribution in [1.82, 2.24) is 0 Å². The third-order valence-electron chi connectivity index (χ3n) is 8.68. The summed E-state index contributed by atoms with van der Waals surface area (Å²) in [5, 5.41) is 0. The first-order valence-corrected chi connectivity index (χ1v) is 10.3. The smallest absolute Gasteiger partial charge is 0.168 e. The SMILES string of the molecule is C=C1C(=O)C2(C3=CC(OC)=CCC3(OC)C34CCC(C3)C(=O)C4=C)CCC1C2. The minimum absolute atomic E-state index is 0.0525. The summed E-state index contributed by atoms with van der Waals surface area (Å²) in [5.74, 6) is 1.44. The monoisotopic (exact) mass is 380 g/mol. The van der Waals surface area contributed by atoms with Gasteiger partial charge >= 0.3 is 0 Å². The lowest BCUT2D eigenvalue weighted by Gasteiger charge is -2.53. The largest absolute Gasteiger partial charge is 0.497 e. The number of methoxy groups -OCH3 is 2. The first kappa shape index (κ1) is 18.1. The van der Waals surface area contributed by atoms with Crippen molar-refractivity contribution in [3.63, 3.8) is 0 Å². The van der Waals surface area contributed by atoms with E-state index in [1.54, 1.807) is 14.2 Å². The summed E-state index contributed by atoms with van der Waals surface area (Å²) in [7, 11) is 3.39. The maximum absolute atomic E-state index is 13.4. The van der Waals surface area contributed by atoms with Gasteiger partial charge in [-0.05, 0) is 73.3 Å². The maximum Gasteiger partial charge on any atom is 0.168 e. The minimum atomic E-state index is -0.720. The number of carbonyl (C=O) groups excluding carboxylic acids is 2. The normalized spacial score (nSPS) is 44.4. The van der Waals surface area contributed by atoms with Gasteiger partial charge in [-0.15, -0.1) is 0 Å². The molecule has 0 amide bonds. The molecule has 4 fully saturated rings. The van der Waals surface area contributed by atoms with Gasteiger partial charge in [0.15, 0.2) is 11.6 Å². The number of Topliss-reactive ketones (excluding diaryl/α,β-unsaturated/α-hetero) is 2. The molecule has 4 heteroatoms. The van der Waals surface area contributed by atoms with Crippen LogP contribution in [0.4, 0.5) is 0 Å². The third-order valence-corrected chi connectivity index (χ3v) is 8.68. The molecular weight excluding hydrogens is 352 g/mol. The third kappa shape index (κ3) is 1.81. The summed E-state index contributed by atoms with van der Waals surface area (Å²) < 4.78 is 12.0. The molecule has 0 N–H and O–H groups in total. The Labute approximate surface area is 166 Å². The van der Waals surface area contributed by atoms with Crippen LogP contribution < -0.4 is 0 Å². The summed E-state index contributed by atoms with van der Waals surface area (Å²) in [4.78, 5) is 26.2. The van der Waals surface area contributed by atoms with Gasteiger partial charge in [-0.1, -0.05) is 13.2 Å². The quantitative estimate of drug-likeness (QED) is 0.690. The Hall–Kier alpha value is -1.94. The Morgan fingerprint density at radius 3 is 2.39 bits per heavy atom. The van der Waals surface area contributed by atoms with E-state index in [2.05, 4.69) is 13.2 Å². The Morgan fingerprint density at radius 1 is 1.07 bits per heavy atom. The Kier molecular flexibility index (Phi) is 3.60. The molecule has 5 rings (SSSR count). The van der Waals surface area contributed by atoms with Crippen LogP contribution in [0.5, 0.6) is 0 Å². The zero-order chi connectivity index (χ0) is 19.9. The van der Waals surface area contributed by atoms with E-state index in [4.69, 9.17) is 9.47 Å². The van der Waals surface area contributed by atoms with Crippen molar-refractivity contribution in [2.45, 2.75) is 50.5 Å². The average molecular weight is 380 g/mol. The molecule has 5 atom stereocenters. The van der Waals surface area contributed by atoms with Gasteiger partial charge < -0.3 is 9.47 Å². The van der Waals surface area contributed by atoms with E-state index in [1.807, 2.05) is 12.2 Å². The lowest BCUT2D eigenvalue weighted by Crippen LogP contribution is -2.55. The van der Waals surface area contributed by atoms with Crippen molar-refractivity contribution in [3.8, 4) is 0 Å². The van der Waals surface area contributed by atoms with Crippen LogP contribution in [-0.2, 0) is 19.1 Å². The van der Waals surface area contributed by atoms with Gasteiger partial charge in [0.05, 0.1) is 12.5 Å². The second-order valence-electron chi connectivity index (χ2n) is 9.34. The molecule has 0 radical (unpaired) electrons. The van der Waals surface area contributed by atoms with Gasteiger partial charge in [-0.25, -0.2) is 0 Å². The molecule has 0 saturated heterocycles. The van der Waals surface area contributed by atoms with Gasteiger partial charge in [-0.2, -0.15) is 0 Å². The van der Waals surface area contributed by atoms with Crippen LogP contribution in [-0.4, -0.2) is 31.4 Å². The zero-order valence-corrected chi connectivity index (χ0v) is 16.8. The topological polar surface area (TPSA) is 52.6 Å². The van der Waals surface area contributed by atoms with Crippen molar-refractivity contribution >= 4 is 11.6 Å². The predicted octanol–water partition coefficient (Wildman–Crippen LogP) is 4.08. The highest BCUT2D eigenvalue weighted by atomic mass is 16.5. The van der Waals surface area contributed by atoms with Gasteiger partial charge in [-0.3, -0.25) is 9.59 Å². The van der Waals surface area contributed by atoms with Crippen molar-refractivity contribution in [2.75, 3.05) is 14.2 Å². The van der Waals surface area contributed by atoms with Gasteiger partial charge in [0.1, 0.15) is 11.4 Å². The first-order chi connectivity index (χ1) is 13.3. The molecule has 0 heterocycles. The van der Waals surface area contributed by atoms with E-state index in [9.17, 15) is 9.59 Å².